The summed E-state index contributed by atoms with van der Waals surface area (Å²) in [5, 5.41) is 6.23. The van der Waals surface area contributed by atoms with Gasteiger partial charge in [0.25, 0.3) is 0 Å². The molecule has 2 rings (SSSR count). The largest absolute Gasteiger partial charge is 0.443 e. The summed E-state index contributed by atoms with van der Waals surface area (Å²) in [5.74, 6) is 0. The predicted molar refractivity (Wildman–Crippen MR) is 71.9 cm³/mol. The molecule has 0 aliphatic carbocycles. The monoisotopic (exact) mass is 322 g/mol. The van der Waals surface area contributed by atoms with E-state index in [0.29, 0.717) is 16.2 Å². The molecule has 1 unspecified atom stereocenters. The summed E-state index contributed by atoms with van der Waals surface area (Å²) in [6, 6.07) is -0.342. The number of aryl methyl sites for hydroxylation is 1. The molecule has 0 aliphatic rings. The van der Waals surface area contributed by atoms with Crippen molar-refractivity contribution in [2.24, 2.45) is 0 Å². The Balaban J connectivity index is 2.32. The Morgan fingerprint density at radius 1 is 1.40 bits per heavy atom. The number of rotatable bonds is 5. The maximum atomic E-state index is 12.6. The van der Waals surface area contributed by atoms with Gasteiger partial charge in [-0.15, -0.1) is 16.4 Å². The first-order valence-corrected chi connectivity index (χ1v) is 7.57. The van der Waals surface area contributed by atoms with Crippen molar-refractivity contribution >= 4 is 22.9 Å². The standard InChI is InChI=1S/C11H13F3N4S2/c1-3-4-6-9(20-18-17-6)8(15-2)7-5-16-10(19-7)11(12,13)14/h5,8,15H,3-4H2,1-2H3. The second-order valence-corrected chi connectivity index (χ2v) is 5.97. The van der Waals surface area contributed by atoms with E-state index in [1.807, 2.05) is 6.92 Å². The minimum absolute atomic E-state index is 0.342. The number of hydrogen-bond acceptors (Lipinski definition) is 6. The molecule has 0 bridgehead atoms. The van der Waals surface area contributed by atoms with Crippen LogP contribution in [0.5, 0.6) is 0 Å². The van der Waals surface area contributed by atoms with E-state index in [1.54, 1.807) is 7.05 Å². The smallest absolute Gasteiger partial charge is 0.308 e. The quantitative estimate of drug-likeness (QED) is 0.918. The molecule has 110 valence electrons. The van der Waals surface area contributed by atoms with Crippen LogP contribution >= 0.6 is 22.9 Å². The van der Waals surface area contributed by atoms with Gasteiger partial charge in [0.1, 0.15) is 0 Å². The van der Waals surface area contributed by atoms with Gasteiger partial charge in [-0.05, 0) is 25.0 Å². The fourth-order valence-electron chi connectivity index (χ4n) is 1.80. The van der Waals surface area contributed by atoms with Crippen LogP contribution in [0.1, 0.15) is 39.8 Å². The zero-order valence-corrected chi connectivity index (χ0v) is 12.5. The number of nitrogens with one attached hydrogen (secondary N) is 1. The molecule has 0 aromatic carbocycles. The van der Waals surface area contributed by atoms with Gasteiger partial charge < -0.3 is 5.32 Å². The van der Waals surface area contributed by atoms with E-state index in [0.717, 1.165) is 23.4 Å². The fraction of sp³-hybridized carbons (Fsp3) is 0.545. The van der Waals surface area contributed by atoms with Crippen molar-refractivity contribution < 1.29 is 13.2 Å². The molecule has 0 radical (unpaired) electrons. The van der Waals surface area contributed by atoms with Crippen molar-refractivity contribution in [2.75, 3.05) is 7.05 Å². The highest BCUT2D eigenvalue weighted by atomic mass is 32.1. The zero-order valence-electron chi connectivity index (χ0n) is 10.9. The van der Waals surface area contributed by atoms with Crippen LogP contribution in [0, 0.1) is 0 Å². The van der Waals surface area contributed by atoms with E-state index in [9.17, 15) is 13.2 Å². The molecule has 0 aliphatic heterocycles. The maximum absolute atomic E-state index is 12.6. The van der Waals surface area contributed by atoms with Gasteiger partial charge in [0, 0.05) is 11.1 Å². The molecule has 0 saturated carbocycles. The van der Waals surface area contributed by atoms with E-state index in [1.165, 1.54) is 17.7 Å². The third-order valence-corrected chi connectivity index (χ3v) is 4.61. The van der Waals surface area contributed by atoms with Crippen LogP contribution in [0.15, 0.2) is 6.20 Å². The summed E-state index contributed by atoms with van der Waals surface area (Å²) in [5.41, 5.74) is 0.832. The minimum atomic E-state index is -4.40. The Kier molecular flexibility index (Phi) is 4.71. The van der Waals surface area contributed by atoms with Crippen molar-refractivity contribution in [1.29, 1.82) is 0 Å². The summed E-state index contributed by atoms with van der Waals surface area (Å²) in [4.78, 5) is 4.83. The van der Waals surface area contributed by atoms with Crippen molar-refractivity contribution in [1.82, 2.24) is 19.9 Å². The second kappa shape index (κ2) is 6.15. The highest BCUT2D eigenvalue weighted by Gasteiger charge is 2.35. The Hall–Kier alpha value is -1.06. The molecule has 2 aromatic rings. The van der Waals surface area contributed by atoms with Crippen molar-refractivity contribution in [3.8, 4) is 0 Å². The first kappa shape index (κ1) is 15.3. The van der Waals surface area contributed by atoms with Crippen LogP contribution in [0.4, 0.5) is 13.2 Å². The molecule has 1 atom stereocenters. The van der Waals surface area contributed by atoms with Gasteiger partial charge in [-0.25, -0.2) is 4.98 Å². The van der Waals surface area contributed by atoms with Gasteiger partial charge in [-0.1, -0.05) is 17.8 Å². The van der Waals surface area contributed by atoms with Crippen LogP contribution in [-0.2, 0) is 12.6 Å². The summed E-state index contributed by atoms with van der Waals surface area (Å²) < 4.78 is 41.8. The molecular weight excluding hydrogens is 309 g/mol. The molecule has 2 heterocycles. The normalized spacial score (nSPS) is 13.7. The zero-order chi connectivity index (χ0) is 14.8. The lowest BCUT2D eigenvalue weighted by atomic mass is 10.1. The molecular formula is C11H13F3N4S2. The van der Waals surface area contributed by atoms with Gasteiger partial charge in [-0.2, -0.15) is 13.2 Å². The molecule has 0 fully saturated rings. The summed E-state index contributed by atoms with van der Waals surface area (Å²) in [7, 11) is 1.70. The Labute approximate surface area is 122 Å². The second-order valence-electron chi connectivity index (χ2n) is 4.12. The van der Waals surface area contributed by atoms with Gasteiger partial charge >= 0.3 is 6.18 Å². The van der Waals surface area contributed by atoms with E-state index in [4.69, 9.17) is 0 Å². The first-order chi connectivity index (χ1) is 9.47. The number of nitrogens with zero attached hydrogens (tertiary/aromatic N) is 3. The van der Waals surface area contributed by atoms with Crippen molar-refractivity contribution in [3.63, 3.8) is 0 Å². The van der Waals surface area contributed by atoms with E-state index >= 15 is 0 Å². The van der Waals surface area contributed by atoms with Crippen LogP contribution in [0.2, 0.25) is 0 Å². The molecule has 2 aromatic heterocycles. The molecule has 20 heavy (non-hydrogen) atoms. The van der Waals surface area contributed by atoms with Crippen LogP contribution in [-0.4, -0.2) is 21.6 Å². The number of thiazole rings is 1. The molecule has 0 spiro atoms. The van der Waals surface area contributed by atoms with Crippen molar-refractivity contribution in [3.05, 3.63) is 26.7 Å². The Morgan fingerprint density at radius 2 is 2.15 bits per heavy atom. The summed E-state index contributed by atoms with van der Waals surface area (Å²) >= 11 is 1.86. The van der Waals surface area contributed by atoms with E-state index in [2.05, 4.69) is 19.9 Å². The lowest BCUT2D eigenvalue weighted by molar-refractivity contribution is -0.137. The van der Waals surface area contributed by atoms with Gasteiger partial charge in [0.15, 0.2) is 5.01 Å². The van der Waals surface area contributed by atoms with Gasteiger partial charge in [0.2, 0.25) is 0 Å². The predicted octanol–water partition coefficient (Wildman–Crippen LogP) is 3.27. The number of alkyl halides is 3. The topological polar surface area (TPSA) is 50.7 Å². The SMILES string of the molecule is CCCc1nnsc1C(NC)c1cnc(C(F)(F)F)s1. The van der Waals surface area contributed by atoms with Crippen molar-refractivity contribution in [2.45, 2.75) is 32.0 Å². The number of halogens is 3. The Bertz CT molecular complexity index is 564. The average molecular weight is 322 g/mol. The lowest BCUT2D eigenvalue weighted by Crippen LogP contribution is -2.16. The molecule has 4 nitrogen and oxygen atoms in total. The summed E-state index contributed by atoms with van der Waals surface area (Å²) in [6.07, 6.45) is -1.47. The third kappa shape index (κ3) is 3.15. The molecule has 9 heteroatoms. The summed E-state index contributed by atoms with van der Waals surface area (Å²) in [6.45, 7) is 2.02. The first-order valence-electron chi connectivity index (χ1n) is 5.98. The van der Waals surface area contributed by atoms with E-state index < -0.39 is 11.2 Å². The van der Waals surface area contributed by atoms with Crippen LogP contribution in [0.3, 0.4) is 0 Å². The van der Waals surface area contributed by atoms with E-state index in [-0.39, 0.29) is 6.04 Å². The number of hydrogen-bond donors (Lipinski definition) is 1. The highest BCUT2D eigenvalue weighted by molar-refractivity contribution is 7.12. The number of aromatic nitrogens is 3. The molecule has 0 amide bonds. The highest BCUT2D eigenvalue weighted by Crippen LogP contribution is 2.37. The Morgan fingerprint density at radius 3 is 2.70 bits per heavy atom. The molecule has 0 saturated heterocycles. The molecule has 1 N–H and O–H groups in total. The fourth-order valence-corrected chi connectivity index (χ4v) is 3.60. The maximum Gasteiger partial charge on any atom is 0.443 e. The van der Waals surface area contributed by atoms with Crippen LogP contribution in [0.25, 0.3) is 0 Å². The minimum Gasteiger partial charge on any atom is -0.308 e. The average Bonchev–Trinajstić information content (AvgIpc) is 3.00. The van der Waals surface area contributed by atoms with Crippen LogP contribution < -0.4 is 5.32 Å². The van der Waals surface area contributed by atoms with Gasteiger partial charge in [-0.3, -0.25) is 0 Å². The van der Waals surface area contributed by atoms with Gasteiger partial charge in [0.05, 0.1) is 16.6 Å². The lowest BCUT2D eigenvalue weighted by Gasteiger charge is -2.12. The third-order valence-electron chi connectivity index (χ3n) is 2.67.